The number of rotatable bonds is 2. The van der Waals surface area contributed by atoms with Crippen LogP contribution >= 0.6 is 11.8 Å². The molecular formula is C12H16O2S. The van der Waals surface area contributed by atoms with Crippen LogP contribution in [0.15, 0.2) is 29.2 Å². The van der Waals surface area contributed by atoms with Crippen molar-refractivity contribution < 1.29 is 10.2 Å². The Labute approximate surface area is 94.3 Å². The first kappa shape index (κ1) is 10.8. The molecule has 2 atom stereocenters. The third kappa shape index (κ3) is 2.89. The molecule has 15 heavy (non-hydrogen) atoms. The number of aliphatic hydroxyl groups excluding tert-OH is 1. The van der Waals surface area contributed by atoms with Gasteiger partial charge in [-0.3, -0.25) is 0 Å². The number of aromatic hydroxyl groups is 1. The minimum atomic E-state index is -0.169. The van der Waals surface area contributed by atoms with Crippen LogP contribution in [0.4, 0.5) is 0 Å². The minimum Gasteiger partial charge on any atom is -0.508 e. The van der Waals surface area contributed by atoms with Crippen LogP contribution in [0.1, 0.15) is 25.7 Å². The van der Waals surface area contributed by atoms with E-state index >= 15 is 0 Å². The van der Waals surface area contributed by atoms with Gasteiger partial charge in [0.1, 0.15) is 5.75 Å². The van der Waals surface area contributed by atoms with E-state index in [9.17, 15) is 5.11 Å². The van der Waals surface area contributed by atoms with Gasteiger partial charge in [0.05, 0.1) is 6.10 Å². The average Bonchev–Trinajstić information content (AvgIpc) is 2.25. The van der Waals surface area contributed by atoms with E-state index in [2.05, 4.69) is 0 Å². The van der Waals surface area contributed by atoms with Crippen molar-refractivity contribution in [2.45, 2.75) is 41.9 Å². The first-order valence-electron chi connectivity index (χ1n) is 5.39. The highest BCUT2D eigenvalue weighted by atomic mass is 32.2. The molecule has 0 aromatic heterocycles. The monoisotopic (exact) mass is 224 g/mol. The highest BCUT2D eigenvalue weighted by Gasteiger charge is 2.23. The third-order valence-electron chi connectivity index (χ3n) is 2.79. The molecule has 2 N–H and O–H groups in total. The fourth-order valence-electron chi connectivity index (χ4n) is 1.91. The zero-order valence-electron chi connectivity index (χ0n) is 8.60. The Kier molecular flexibility index (Phi) is 3.54. The number of benzene rings is 1. The van der Waals surface area contributed by atoms with Gasteiger partial charge in [-0.15, -0.1) is 11.8 Å². The van der Waals surface area contributed by atoms with Crippen molar-refractivity contribution in [1.29, 1.82) is 0 Å². The lowest BCUT2D eigenvalue weighted by Gasteiger charge is -2.26. The molecule has 0 radical (unpaired) electrons. The normalized spacial score (nSPS) is 26.5. The van der Waals surface area contributed by atoms with Gasteiger partial charge >= 0.3 is 0 Å². The predicted molar refractivity (Wildman–Crippen MR) is 62.2 cm³/mol. The van der Waals surface area contributed by atoms with Gasteiger partial charge in [-0.05, 0) is 37.1 Å². The van der Waals surface area contributed by atoms with Gasteiger partial charge < -0.3 is 10.2 Å². The average molecular weight is 224 g/mol. The van der Waals surface area contributed by atoms with Crippen molar-refractivity contribution in [3.8, 4) is 5.75 Å². The van der Waals surface area contributed by atoms with Crippen LogP contribution in [0.25, 0.3) is 0 Å². The number of hydrogen-bond donors (Lipinski definition) is 2. The Morgan fingerprint density at radius 3 is 2.40 bits per heavy atom. The van der Waals surface area contributed by atoms with Crippen molar-refractivity contribution in [2.24, 2.45) is 0 Å². The molecule has 0 saturated heterocycles. The smallest absolute Gasteiger partial charge is 0.115 e. The highest BCUT2D eigenvalue weighted by molar-refractivity contribution is 8.00. The summed E-state index contributed by atoms with van der Waals surface area (Å²) in [6.45, 7) is 0. The molecule has 1 aromatic rings. The number of phenols is 1. The number of hydrogen-bond acceptors (Lipinski definition) is 3. The molecule has 0 aliphatic heterocycles. The summed E-state index contributed by atoms with van der Waals surface area (Å²) < 4.78 is 0. The summed E-state index contributed by atoms with van der Waals surface area (Å²) in [6.07, 6.45) is 4.21. The topological polar surface area (TPSA) is 40.5 Å². The maximum absolute atomic E-state index is 9.81. The van der Waals surface area contributed by atoms with E-state index in [4.69, 9.17) is 5.11 Å². The lowest BCUT2D eigenvalue weighted by atomic mass is 9.97. The molecule has 1 aliphatic rings. The molecule has 1 aliphatic carbocycles. The second-order valence-electron chi connectivity index (χ2n) is 4.00. The zero-order chi connectivity index (χ0) is 10.7. The summed E-state index contributed by atoms with van der Waals surface area (Å²) in [5, 5.41) is 19.3. The van der Waals surface area contributed by atoms with Crippen LogP contribution in [0.3, 0.4) is 0 Å². The first-order valence-corrected chi connectivity index (χ1v) is 6.27. The van der Waals surface area contributed by atoms with Crippen molar-refractivity contribution >= 4 is 11.8 Å². The molecule has 1 fully saturated rings. The summed E-state index contributed by atoms with van der Waals surface area (Å²) in [5.74, 6) is 0.295. The molecule has 0 unspecified atom stereocenters. The summed E-state index contributed by atoms with van der Waals surface area (Å²) in [6, 6.07) is 7.19. The molecule has 1 saturated carbocycles. The van der Waals surface area contributed by atoms with Gasteiger partial charge in [0.15, 0.2) is 0 Å². The molecule has 0 spiro atoms. The largest absolute Gasteiger partial charge is 0.508 e. The van der Waals surface area contributed by atoms with Gasteiger partial charge in [0, 0.05) is 10.1 Å². The van der Waals surface area contributed by atoms with Gasteiger partial charge in [0.25, 0.3) is 0 Å². The SMILES string of the molecule is Oc1ccc(S[C@@H]2CCCC[C@H]2O)cc1. The van der Waals surface area contributed by atoms with Crippen LogP contribution in [-0.4, -0.2) is 21.6 Å². The second-order valence-corrected chi connectivity index (χ2v) is 5.31. The first-order chi connectivity index (χ1) is 7.25. The summed E-state index contributed by atoms with van der Waals surface area (Å²) in [5.41, 5.74) is 0. The van der Waals surface area contributed by atoms with Crippen molar-refractivity contribution in [3.63, 3.8) is 0 Å². The highest BCUT2D eigenvalue weighted by Crippen LogP contribution is 2.34. The summed E-state index contributed by atoms with van der Waals surface area (Å²) in [4.78, 5) is 1.12. The second kappa shape index (κ2) is 4.90. The molecule has 0 amide bonds. The van der Waals surface area contributed by atoms with Gasteiger partial charge in [-0.1, -0.05) is 12.8 Å². The van der Waals surface area contributed by atoms with Crippen LogP contribution < -0.4 is 0 Å². The standard InChI is InChI=1S/C12H16O2S/c13-9-5-7-10(8-6-9)15-12-4-2-1-3-11(12)14/h5-8,11-14H,1-4H2/t11-,12-/m1/s1. The van der Waals surface area contributed by atoms with E-state index in [0.717, 1.165) is 24.2 Å². The lowest BCUT2D eigenvalue weighted by Crippen LogP contribution is -2.26. The van der Waals surface area contributed by atoms with Gasteiger partial charge in [-0.2, -0.15) is 0 Å². The molecule has 1 aromatic carbocycles. The Morgan fingerprint density at radius 2 is 1.73 bits per heavy atom. The van der Waals surface area contributed by atoms with Crippen LogP contribution in [0.2, 0.25) is 0 Å². The van der Waals surface area contributed by atoms with E-state index in [0.29, 0.717) is 11.0 Å². The minimum absolute atomic E-state index is 0.169. The number of aliphatic hydroxyl groups is 1. The molecule has 0 heterocycles. The molecule has 82 valence electrons. The summed E-state index contributed by atoms with van der Waals surface area (Å²) >= 11 is 1.72. The van der Waals surface area contributed by atoms with Crippen molar-refractivity contribution in [2.75, 3.05) is 0 Å². The summed E-state index contributed by atoms with van der Waals surface area (Å²) in [7, 11) is 0. The van der Waals surface area contributed by atoms with E-state index in [1.807, 2.05) is 12.1 Å². The Bertz CT molecular complexity index is 310. The Balaban J connectivity index is 1.98. The maximum atomic E-state index is 9.81. The Hall–Kier alpha value is -0.670. The Morgan fingerprint density at radius 1 is 1.07 bits per heavy atom. The number of phenolic OH excluding ortho intramolecular Hbond substituents is 1. The number of thioether (sulfide) groups is 1. The fraction of sp³-hybridized carbons (Fsp3) is 0.500. The molecule has 0 bridgehead atoms. The van der Waals surface area contributed by atoms with Gasteiger partial charge in [-0.25, -0.2) is 0 Å². The van der Waals surface area contributed by atoms with Crippen LogP contribution in [0, 0.1) is 0 Å². The molecule has 3 heteroatoms. The molecular weight excluding hydrogens is 208 g/mol. The molecule has 2 rings (SSSR count). The lowest BCUT2D eigenvalue weighted by molar-refractivity contribution is 0.137. The third-order valence-corrected chi connectivity index (χ3v) is 4.19. The zero-order valence-corrected chi connectivity index (χ0v) is 9.41. The van der Waals surface area contributed by atoms with E-state index in [1.165, 1.54) is 6.42 Å². The predicted octanol–water partition coefficient (Wildman–Crippen LogP) is 2.79. The van der Waals surface area contributed by atoms with Gasteiger partial charge in [0.2, 0.25) is 0 Å². The van der Waals surface area contributed by atoms with E-state index in [1.54, 1.807) is 23.9 Å². The van der Waals surface area contributed by atoms with Crippen molar-refractivity contribution in [1.82, 2.24) is 0 Å². The van der Waals surface area contributed by atoms with E-state index in [-0.39, 0.29) is 6.10 Å². The maximum Gasteiger partial charge on any atom is 0.115 e. The fourth-order valence-corrected chi connectivity index (χ4v) is 3.13. The van der Waals surface area contributed by atoms with Crippen LogP contribution in [-0.2, 0) is 0 Å². The van der Waals surface area contributed by atoms with E-state index < -0.39 is 0 Å². The quantitative estimate of drug-likeness (QED) is 0.811. The molecule has 2 nitrogen and oxygen atoms in total. The van der Waals surface area contributed by atoms with Crippen LogP contribution in [0.5, 0.6) is 5.75 Å². The van der Waals surface area contributed by atoms with Crippen molar-refractivity contribution in [3.05, 3.63) is 24.3 Å².